The summed E-state index contributed by atoms with van der Waals surface area (Å²) in [5.74, 6) is -0.620. The predicted octanol–water partition coefficient (Wildman–Crippen LogP) is 1.90. The van der Waals surface area contributed by atoms with Crippen LogP contribution in [0.15, 0.2) is 18.3 Å². The molecule has 4 rings (SSSR count). The van der Waals surface area contributed by atoms with Crippen LogP contribution in [-0.4, -0.2) is 36.0 Å². The maximum Gasteiger partial charge on any atom is 0.353 e. The van der Waals surface area contributed by atoms with E-state index in [1.54, 1.807) is 12.3 Å². The van der Waals surface area contributed by atoms with E-state index in [-0.39, 0.29) is 17.1 Å². The van der Waals surface area contributed by atoms with Crippen molar-refractivity contribution in [3.63, 3.8) is 0 Å². The molecule has 0 amide bonds. The Morgan fingerprint density at radius 2 is 2.15 bits per heavy atom. The topological polar surface area (TPSA) is 146 Å². The molecule has 3 heterocycles. The second-order valence-electron chi connectivity index (χ2n) is 6.24. The monoisotopic (exact) mass is 349 g/mol. The molecule has 0 aliphatic heterocycles. The molecule has 0 aromatic carbocycles. The van der Waals surface area contributed by atoms with Crippen molar-refractivity contribution in [3.05, 3.63) is 35.3 Å². The van der Waals surface area contributed by atoms with E-state index in [9.17, 15) is 10.1 Å². The van der Waals surface area contributed by atoms with Crippen LogP contribution < -0.4 is 5.73 Å². The summed E-state index contributed by atoms with van der Waals surface area (Å²) in [7, 11) is 1.88. The van der Waals surface area contributed by atoms with Gasteiger partial charge in [-0.1, -0.05) is 0 Å². The van der Waals surface area contributed by atoms with E-state index in [1.807, 2.05) is 11.7 Å². The van der Waals surface area contributed by atoms with Crippen LogP contribution in [0.25, 0.3) is 22.5 Å². The number of nitrogens with two attached hydrogens (primary N) is 1. The first-order valence-corrected chi connectivity index (χ1v) is 8.01. The van der Waals surface area contributed by atoms with Gasteiger partial charge < -0.3 is 10.8 Å². The van der Waals surface area contributed by atoms with E-state index >= 15 is 0 Å². The summed E-state index contributed by atoms with van der Waals surface area (Å²) in [6, 6.07) is 5.20. The lowest BCUT2D eigenvalue weighted by atomic mass is 9.98. The van der Waals surface area contributed by atoms with E-state index in [0.29, 0.717) is 22.9 Å². The molecule has 0 bridgehead atoms. The molecule has 1 fully saturated rings. The van der Waals surface area contributed by atoms with Gasteiger partial charge in [-0.2, -0.15) is 15.5 Å². The SMILES string of the molecule is Cn1ncc(-c2cc(-c3cc(C(=O)O)[nH]n3)nc(N)c2C#N)c1C1CC1. The number of carboxylic acid groups (broad SMARTS) is 1. The van der Waals surface area contributed by atoms with Crippen molar-refractivity contribution in [1.82, 2.24) is 25.0 Å². The van der Waals surface area contributed by atoms with E-state index in [2.05, 4.69) is 26.3 Å². The number of aromatic amines is 1. The zero-order valence-corrected chi connectivity index (χ0v) is 13.9. The third-order valence-corrected chi connectivity index (χ3v) is 4.47. The van der Waals surface area contributed by atoms with Gasteiger partial charge in [0.15, 0.2) is 0 Å². The lowest BCUT2D eigenvalue weighted by molar-refractivity contribution is 0.0690. The number of carbonyl (C=O) groups is 1. The second kappa shape index (κ2) is 5.70. The number of carboxylic acids is 1. The van der Waals surface area contributed by atoms with Gasteiger partial charge in [-0.3, -0.25) is 9.78 Å². The van der Waals surface area contributed by atoms with Crippen molar-refractivity contribution >= 4 is 11.8 Å². The number of nitrogens with one attached hydrogen (secondary N) is 1. The van der Waals surface area contributed by atoms with Crippen LogP contribution in [0.3, 0.4) is 0 Å². The minimum absolute atomic E-state index is 0.0497. The number of anilines is 1. The molecule has 1 saturated carbocycles. The zero-order valence-electron chi connectivity index (χ0n) is 13.9. The highest BCUT2D eigenvalue weighted by atomic mass is 16.4. The molecule has 0 radical (unpaired) electrons. The van der Waals surface area contributed by atoms with Crippen LogP contribution >= 0.6 is 0 Å². The van der Waals surface area contributed by atoms with E-state index in [0.717, 1.165) is 24.1 Å². The molecule has 1 aliphatic carbocycles. The molecular formula is C17H15N7O2. The summed E-state index contributed by atoms with van der Waals surface area (Å²) in [5.41, 5.74) is 9.51. The van der Waals surface area contributed by atoms with Crippen molar-refractivity contribution < 1.29 is 9.90 Å². The minimum Gasteiger partial charge on any atom is -0.477 e. The lowest BCUT2D eigenvalue weighted by Crippen LogP contribution is -2.02. The minimum atomic E-state index is -1.12. The maximum absolute atomic E-state index is 11.1. The Labute approximate surface area is 148 Å². The molecular weight excluding hydrogens is 334 g/mol. The molecule has 1 aliphatic rings. The molecule has 3 aromatic rings. The standard InChI is InChI=1S/C17H15N7O2/c1-24-15(8-2-3-8)11(7-20-24)9-4-12(21-16(19)10(9)6-18)13-5-14(17(25)26)23-22-13/h4-5,7-8H,2-3H2,1H3,(H2,19,21)(H,22,23)(H,25,26). The summed E-state index contributed by atoms with van der Waals surface area (Å²) in [6.45, 7) is 0. The fraction of sp³-hybridized carbons (Fsp3) is 0.235. The molecule has 9 heteroatoms. The first kappa shape index (κ1) is 15.8. The number of aryl methyl sites for hydroxylation is 1. The molecule has 0 atom stereocenters. The van der Waals surface area contributed by atoms with Gasteiger partial charge in [0.1, 0.15) is 28.8 Å². The van der Waals surface area contributed by atoms with Crippen LogP contribution in [0.4, 0.5) is 5.82 Å². The van der Waals surface area contributed by atoms with Crippen molar-refractivity contribution in [1.29, 1.82) is 5.26 Å². The van der Waals surface area contributed by atoms with Crippen molar-refractivity contribution in [2.24, 2.45) is 7.05 Å². The number of nitrogens with zero attached hydrogens (tertiary/aromatic N) is 5. The summed E-state index contributed by atoms with van der Waals surface area (Å²) in [4.78, 5) is 15.3. The Morgan fingerprint density at radius 3 is 2.77 bits per heavy atom. The highest BCUT2D eigenvalue weighted by Crippen LogP contribution is 2.45. The van der Waals surface area contributed by atoms with E-state index < -0.39 is 5.97 Å². The lowest BCUT2D eigenvalue weighted by Gasteiger charge is -2.10. The van der Waals surface area contributed by atoms with Gasteiger partial charge in [0.05, 0.1) is 11.9 Å². The van der Waals surface area contributed by atoms with Crippen LogP contribution in [0, 0.1) is 11.3 Å². The van der Waals surface area contributed by atoms with Crippen LogP contribution in [0.5, 0.6) is 0 Å². The highest BCUT2D eigenvalue weighted by molar-refractivity contribution is 5.87. The number of nitrogen functional groups attached to an aromatic ring is 1. The Bertz CT molecular complexity index is 1070. The number of rotatable bonds is 4. The number of H-pyrrole nitrogens is 1. The first-order chi connectivity index (χ1) is 12.5. The number of nitriles is 1. The van der Waals surface area contributed by atoms with Gasteiger partial charge in [-0.25, -0.2) is 9.78 Å². The molecule has 26 heavy (non-hydrogen) atoms. The fourth-order valence-corrected chi connectivity index (χ4v) is 3.08. The number of aromatic nitrogens is 5. The normalized spacial score (nSPS) is 13.5. The highest BCUT2D eigenvalue weighted by Gasteiger charge is 2.31. The smallest absolute Gasteiger partial charge is 0.353 e. The Morgan fingerprint density at radius 1 is 1.38 bits per heavy atom. The molecule has 0 spiro atoms. The number of hydrogen-bond donors (Lipinski definition) is 3. The van der Waals surface area contributed by atoms with Crippen LogP contribution in [0.2, 0.25) is 0 Å². The van der Waals surface area contributed by atoms with Crippen LogP contribution in [0.1, 0.15) is 40.5 Å². The number of aromatic carboxylic acids is 1. The molecule has 0 saturated heterocycles. The van der Waals surface area contributed by atoms with Crippen molar-refractivity contribution in [3.8, 4) is 28.6 Å². The molecule has 0 unspecified atom stereocenters. The van der Waals surface area contributed by atoms with Gasteiger partial charge in [0, 0.05) is 35.9 Å². The Kier molecular flexibility index (Phi) is 3.47. The Balaban J connectivity index is 1.90. The van der Waals surface area contributed by atoms with Gasteiger partial charge >= 0.3 is 5.97 Å². The molecule has 3 aromatic heterocycles. The average molecular weight is 349 g/mol. The van der Waals surface area contributed by atoms with Gasteiger partial charge in [0.2, 0.25) is 0 Å². The molecule has 130 valence electrons. The van der Waals surface area contributed by atoms with E-state index in [4.69, 9.17) is 10.8 Å². The average Bonchev–Trinajstić information content (AvgIpc) is 3.17. The largest absolute Gasteiger partial charge is 0.477 e. The second-order valence-corrected chi connectivity index (χ2v) is 6.24. The summed E-state index contributed by atoms with van der Waals surface area (Å²) < 4.78 is 1.82. The predicted molar refractivity (Wildman–Crippen MR) is 92.1 cm³/mol. The summed E-state index contributed by atoms with van der Waals surface area (Å²) in [6.07, 6.45) is 3.90. The zero-order chi connectivity index (χ0) is 18.4. The first-order valence-electron chi connectivity index (χ1n) is 8.01. The fourth-order valence-electron chi connectivity index (χ4n) is 3.08. The summed E-state index contributed by atoms with van der Waals surface area (Å²) in [5, 5.41) is 29.4. The van der Waals surface area contributed by atoms with Crippen molar-refractivity contribution in [2.75, 3.05) is 5.73 Å². The van der Waals surface area contributed by atoms with E-state index in [1.165, 1.54) is 6.07 Å². The third kappa shape index (κ3) is 2.48. The Hall–Kier alpha value is -3.67. The number of pyridine rings is 1. The quantitative estimate of drug-likeness (QED) is 0.651. The van der Waals surface area contributed by atoms with Crippen molar-refractivity contribution in [2.45, 2.75) is 18.8 Å². The van der Waals surface area contributed by atoms with Crippen LogP contribution in [-0.2, 0) is 7.05 Å². The maximum atomic E-state index is 11.1. The molecule has 9 nitrogen and oxygen atoms in total. The number of hydrogen-bond acceptors (Lipinski definition) is 6. The molecule has 4 N–H and O–H groups in total. The van der Waals surface area contributed by atoms with Gasteiger partial charge in [0.25, 0.3) is 0 Å². The third-order valence-electron chi connectivity index (χ3n) is 4.47. The van der Waals surface area contributed by atoms with Gasteiger partial charge in [-0.05, 0) is 18.9 Å². The van der Waals surface area contributed by atoms with Gasteiger partial charge in [-0.15, -0.1) is 0 Å². The summed E-state index contributed by atoms with van der Waals surface area (Å²) >= 11 is 0.